The molecule has 1 heterocycles. The maximum absolute atomic E-state index is 5.77. The van der Waals surface area contributed by atoms with Crippen LogP contribution < -0.4 is 10.6 Å². The Morgan fingerprint density at radius 1 is 1.33 bits per heavy atom. The molecule has 0 saturated carbocycles. The molecular formula is C13H20N2. The highest BCUT2D eigenvalue weighted by molar-refractivity contribution is 5.59. The molecule has 1 atom stereocenters. The van der Waals surface area contributed by atoms with Gasteiger partial charge < -0.3 is 10.6 Å². The molecule has 0 spiro atoms. The summed E-state index contributed by atoms with van der Waals surface area (Å²) in [5.74, 6) is 0. The summed E-state index contributed by atoms with van der Waals surface area (Å²) >= 11 is 0. The Morgan fingerprint density at radius 3 is 2.80 bits per heavy atom. The third-order valence-corrected chi connectivity index (χ3v) is 3.33. The largest absolute Gasteiger partial charge is 0.399 e. The highest BCUT2D eigenvalue weighted by Gasteiger charge is 2.19. The molecule has 0 radical (unpaired) electrons. The van der Waals surface area contributed by atoms with Crippen molar-refractivity contribution in [3.8, 4) is 0 Å². The van der Waals surface area contributed by atoms with E-state index in [1.807, 2.05) is 6.07 Å². The fourth-order valence-corrected chi connectivity index (χ4v) is 2.46. The van der Waals surface area contributed by atoms with Crippen molar-refractivity contribution in [2.45, 2.75) is 39.2 Å². The lowest BCUT2D eigenvalue weighted by molar-refractivity contribution is 0.484. The van der Waals surface area contributed by atoms with E-state index in [-0.39, 0.29) is 0 Å². The van der Waals surface area contributed by atoms with Crippen molar-refractivity contribution in [2.75, 3.05) is 17.2 Å². The van der Waals surface area contributed by atoms with Gasteiger partial charge in [0.15, 0.2) is 0 Å². The first kappa shape index (κ1) is 10.3. The standard InChI is InChI=1S/C13H20N2/c1-10-9-12(14)6-7-13(10)15-8-4-3-5-11(15)2/h6-7,9,11H,3-5,8,14H2,1-2H3/t11-/m1/s1. The fraction of sp³-hybridized carbons (Fsp3) is 0.538. The molecule has 0 amide bonds. The Balaban J connectivity index is 2.27. The van der Waals surface area contributed by atoms with Crippen LogP contribution in [0, 0.1) is 6.92 Å². The monoisotopic (exact) mass is 204 g/mol. The van der Waals surface area contributed by atoms with Crippen LogP contribution in [0.4, 0.5) is 11.4 Å². The van der Waals surface area contributed by atoms with Gasteiger partial charge in [-0.15, -0.1) is 0 Å². The van der Waals surface area contributed by atoms with Gasteiger partial charge in [-0.3, -0.25) is 0 Å². The molecule has 0 aromatic heterocycles. The number of nitrogens with two attached hydrogens (primary N) is 1. The number of hydrogen-bond donors (Lipinski definition) is 1. The molecule has 82 valence electrons. The lowest BCUT2D eigenvalue weighted by atomic mass is 10.0. The van der Waals surface area contributed by atoms with Gasteiger partial charge in [0, 0.05) is 24.0 Å². The van der Waals surface area contributed by atoms with Gasteiger partial charge in [-0.25, -0.2) is 0 Å². The molecule has 1 aliphatic rings. The summed E-state index contributed by atoms with van der Waals surface area (Å²) in [5, 5.41) is 0. The summed E-state index contributed by atoms with van der Waals surface area (Å²) in [4.78, 5) is 2.51. The molecule has 1 aromatic carbocycles. The van der Waals surface area contributed by atoms with Gasteiger partial charge in [-0.1, -0.05) is 0 Å². The zero-order chi connectivity index (χ0) is 10.8. The van der Waals surface area contributed by atoms with Crippen LogP contribution in [0.3, 0.4) is 0 Å². The number of piperidine rings is 1. The van der Waals surface area contributed by atoms with Crippen molar-refractivity contribution >= 4 is 11.4 Å². The van der Waals surface area contributed by atoms with Crippen LogP contribution in [-0.2, 0) is 0 Å². The van der Waals surface area contributed by atoms with E-state index in [2.05, 4.69) is 30.9 Å². The summed E-state index contributed by atoms with van der Waals surface area (Å²) in [6.45, 7) is 5.65. The first-order valence-electron chi connectivity index (χ1n) is 5.81. The first-order chi connectivity index (χ1) is 7.18. The van der Waals surface area contributed by atoms with Gasteiger partial charge in [0.25, 0.3) is 0 Å². The van der Waals surface area contributed by atoms with Crippen LogP contribution in [0.5, 0.6) is 0 Å². The lowest BCUT2D eigenvalue weighted by Crippen LogP contribution is -2.37. The van der Waals surface area contributed by atoms with Crippen LogP contribution in [0.1, 0.15) is 31.7 Å². The summed E-state index contributed by atoms with van der Waals surface area (Å²) in [7, 11) is 0. The molecule has 15 heavy (non-hydrogen) atoms. The van der Waals surface area contributed by atoms with Crippen molar-refractivity contribution in [1.29, 1.82) is 0 Å². The van der Waals surface area contributed by atoms with Crippen molar-refractivity contribution in [3.63, 3.8) is 0 Å². The van der Waals surface area contributed by atoms with Gasteiger partial charge >= 0.3 is 0 Å². The summed E-state index contributed by atoms with van der Waals surface area (Å²) in [5.41, 5.74) is 9.29. The van der Waals surface area contributed by atoms with Crippen LogP contribution in [0.15, 0.2) is 18.2 Å². The molecule has 2 rings (SSSR count). The second-order valence-corrected chi connectivity index (χ2v) is 4.58. The maximum Gasteiger partial charge on any atom is 0.0399 e. The quantitative estimate of drug-likeness (QED) is 0.713. The average molecular weight is 204 g/mol. The van der Waals surface area contributed by atoms with Crippen molar-refractivity contribution in [2.24, 2.45) is 0 Å². The predicted octanol–water partition coefficient (Wildman–Crippen LogP) is 2.96. The third kappa shape index (κ3) is 2.09. The normalized spacial score (nSPS) is 21.7. The van der Waals surface area contributed by atoms with Crippen molar-refractivity contribution in [1.82, 2.24) is 0 Å². The minimum atomic E-state index is 0.668. The van der Waals surface area contributed by atoms with Gasteiger partial charge in [0.05, 0.1) is 0 Å². The predicted molar refractivity (Wildman–Crippen MR) is 66.3 cm³/mol. The van der Waals surface area contributed by atoms with E-state index in [1.54, 1.807) is 0 Å². The Kier molecular flexibility index (Phi) is 2.85. The number of aryl methyl sites for hydroxylation is 1. The molecule has 1 aromatic rings. The second-order valence-electron chi connectivity index (χ2n) is 4.58. The minimum absolute atomic E-state index is 0.668. The highest BCUT2D eigenvalue weighted by Crippen LogP contribution is 2.28. The van der Waals surface area contributed by atoms with Crippen molar-refractivity contribution < 1.29 is 0 Å². The number of rotatable bonds is 1. The molecule has 2 N–H and O–H groups in total. The molecule has 2 nitrogen and oxygen atoms in total. The van der Waals surface area contributed by atoms with E-state index in [0.717, 1.165) is 5.69 Å². The van der Waals surface area contributed by atoms with Gasteiger partial charge in [0.2, 0.25) is 0 Å². The molecule has 0 bridgehead atoms. The van der Waals surface area contributed by atoms with Crippen molar-refractivity contribution in [3.05, 3.63) is 23.8 Å². The number of anilines is 2. The van der Waals surface area contributed by atoms with E-state index < -0.39 is 0 Å². The Morgan fingerprint density at radius 2 is 2.13 bits per heavy atom. The Bertz CT molecular complexity index is 346. The smallest absolute Gasteiger partial charge is 0.0399 e. The number of benzene rings is 1. The van der Waals surface area contributed by atoms with Crippen LogP contribution in [0.25, 0.3) is 0 Å². The summed E-state index contributed by atoms with van der Waals surface area (Å²) < 4.78 is 0. The third-order valence-electron chi connectivity index (χ3n) is 3.33. The molecule has 1 saturated heterocycles. The van der Waals surface area contributed by atoms with E-state index in [4.69, 9.17) is 5.73 Å². The molecule has 1 aliphatic heterocycles. The van der Waals surface area contributed by atoms with E-state index >= 15 is 0 Å². The second kappa shape index (κ2) is 4.13. The van der Waals surface area contributed by atoms with E-state index in [0.29, 0.717) is 6.04 Å². The zero-order valence-corrected chi connectivity index (χ0v) is 9.66. The SMILES string of the molecule is Cc1cc(N)ccc1N1CCCC[C@H]1C. The number of hydrogen-bond acceptors (Lipinski definition) is 2. The first-order valence-corrected chi connectivity index (χ1v) is 5.81. The highest BCUT2D eigenvalue weighted by atomic mass is 15.2. The topological polar surface area (TPSA) is 29.3 Å². The van der Waals surface area contributed by atoms with Crippen LogP contribution in [0.2, 0.25) is 0 Å². The molecule has 0 unspecified atom stereocenters. The van der Waals surface area contributed by atoms with E-state index in [9.17, 15) is 0 Å². The Hall–Kier alpha value is -1.18. The summed E-state index contributed by atoms with van der Waals surface area (Å²) in [6, 6.07) is 6.90. The number of nitrogens with zero attached hydrogens (tertiary/aromatic N) is 1. The van der Waals surface area contributed by atoms with Gasteiger partial charge in [0.1, 0.15) is 0 Å². The van der Waals surface area contributed by atoms with Crippen LogP contribution in [-0.4, -0.2) is 12.6 Å². The maximum atomic E-state index is 5.77. The zero-order valence-electron chi connectivity index (χ0n) is 9.66. The molecule has 2 heteroatoms. The summed E-state index contributed by atoms with van der Waals surface area (Å²) in [6.07, 6.45) is 3.99. The molecule has 0 aliphatic carbocycles. The minimum Gasteiger partial charge on any atom is -0.399 e. The van der Waals surface area contributed by atoms with Gasteiger partial charge in [-0.05, 0) is 56.9 Å². The van der Waals surface area contributed by atoms with Gasteiger partial charge in [-0.2, -0.15) is 0 Å². The Labute approximate surface area is 92.1 Å². The number of nitrogen functional groups attached to an aromatic ring is 1. The lowest BCUT2D eigenvalue weighted by Gasteiger charge is -2.36. The molecule has 1 fully saturated rings. The average Bonchev–Trinajstić information content (AvgIpc) is 2.20. The fourth-order valence-electron chi connectivity index (χ4n) is 2.46. The molecular weight excluding hydrogens is 184 g/mol. The van der Waals surface area contributed by atoms with Crippen LogP contribution >= 0.6 is 0 Å². The van der Waals surface area contributed by atoms with E-state index in [1.165, 1.54) is 37.1 Å².